The fourth-order valence-corrected chi connectivity index (χ4v) is 5.62. The molecule has 2 aromatic rings. The monoisotopic (exact) mass is 483 g/mol. The Morgan fingerprint density at radius 3 is 2.72 bits per heavy atom. The van der Waals surface area contributed by atoms with Crippen LogP contribution in [0.2, 0.25) is 0 Å². The smallest absolute Gasteiger partial charge is 0.290 e. The van der Waals surface area contributed by atoms with Gasteiger partial charge in [0.2, 0.25) is 15.9 Å². The summed E-state index contributed by atoms with van der Waals surface area (Å²) < 4.78 is 28.0. The third kappa shape index (κ3) is 7.62. The molecule has 0 spiro atoms. The fraction of sp³-hybridized carbons (Fsp3) is 0.500. The number of likely N-dealkylation sites (tertiary alicyclic amines) is 1. The van der Waals surface area contributed by atoms with Crippen LogP contribution >= 0.6 is 11.3 Å². The van der Waals surface area contributed by atoms with E-state index in [-0.39, 0.29) is 29.2 Å². The van der Waals surface area contributed by atoms with Crippen LogP contribution in [0.25, 0.3) is 0 Å². The van der Waals surface area contributed by atoms with Crippen molar-refractivity contribution in [3.8, 4) is 0 Å². The molecule has 1 aliphatic rings. The number of aromatic nitrogens is 2. The molecule has 1 amide bonds. The number of carbonyl (C=O) groups excluding carboxylic acids is 1. The third-order valence-electron chi connectivity index (χ3n) is 4.96. The second-order valence-electron chi connectivity index (χ2n) is 7.68. The summed E-state index contributed by atoms with van der Waals surface area (Å²) in [6.07, 6.45) is 4.11. The number of hydrogen-bond acceptors (Lipinski definition) is 8. The van der Waals surface area contributed by atoms with Crippen molar-refractivity contribution in [1.82, 2.24) is 24.5 Å². The van der Waals surface area contributed by atoms with Crippen LogP contribution in [0.5, 0.6) is 0 Å². The molecule has 3 rings (SSSR count). The molecule has 1 aliphatic heterocycles. The number of amides is 1. The molecule has 2 atom stereocenters. The molecule has 1 fully saturated rings. The average molecular weight is 484 g/mol. The zero-order valence-corrected chi connectivity index (χ0v) is 20.0. The number of pyridine rings is 1. The Morgan fingerprint density at radius 2 is 2.12 bits per heavy atom. The van der Waals surface area contributed by atoms with Gasteiger partial charge in [0.15, 0.2) is 0 Å². The predicted molar refractivity (Wildman–Crippen MR) is 121 cm³/mol. The lowest BCUT2D eigenvalue weighted by Crippen LogP contribution is -2.42. The van der Waals surface area contributed by atoms with Crippen LogP contribution in [0, 0.1) is 12.8 Å². The van der Waals surface area contributed by atoms with E-state index in [1.807, 2.05) is 24.3 Å². The number of aryl methyl sites for hydroxylation is 1. The van der Waals surface area contributed by atoms with E-state index in [2.05, 4.69) is 14.7 Å². The normalized spacial score (nSPS) is 19.3. The van der Waals surface area contributed by atoms with Gasteiger partial charge in [-0.15, -0.1) is 11.3 Å². The first-order chi connectivity index (χ1) is 15.2. The molecule has 32 heavy (non-hydrogen) atoms. The Bertz CT molecular complexity index is 983. The minimum absolute atomic E-state index is 0.0699. The van der Waals surface area contributed by atoms with E-state index in [4.69, 9.17) is 9.90 Å². The average Bonchev–Trinajstić information content (AvgIpc) is 3.06. The number of sulfonamides is 1. The second-order valence-corrected chi connectivity index (χ2v) is 10.3. The molecule has 0 aromatic carbocycles. The third-order valence-corrected chi connectivity index (χ3v) is 7.42. The van der Waals surface area contributed by atoms with E-state index in [0.717, 1.165) is 10.7 Å². The molecule has 0 saturated carbocycles. The van der Waals surface area contributed by atoms with Crippen molar-refractivity contribution in [2.45, 2.75) is 37.2 Å². The maximum atomic E-state index is 13.0. The number of likely N-dealkylation sites (N-methyl/N-ethyl adjacent to an activating group) is 1. The van der Waals surface area contributed by atoms with Gasteiger partial charge in [-0.1, -0.05) is 0 Å². The van der Waals surface area contributed by atoms with Gasteiger partial charge in [-0.3, -0.25) is 14.6 Å². The maximum absolute atomic E-state index is 13.0. The first-order valence-corrected chi connectivity index (χ1v) is 12.4. The van der Waals surface area contributed by atoms with Crippen molar-refractivity contribution in [3.05, 3.63) is 40.6 Å². The highest BCUT2D eigenvalue weighted by atomic mass is 32.2. The van der Waals surface area contributed by atoms with E-state index in [9.17, 15) is 13.2 Å². The van der Waals surface area contributed by atoms with E-state index >= 15 is 0 Å². The summed E-state index contributed by atoms with van der Waals surface area (Å²) in [7, 11) is 0.0826. The molecular weight excluding hydrogens is 454 g/mol. The van der Waals surface area contributed by atoms with E-state index in [1.165, 1.54) is 18.5 Å². The predicted octanol–water partition coefficient (Wildman–Crippen LogP) is 1.19. The van der Waals surface area contributed by atoms with Gasteiger partial charge in [0.05, 0.1) is 12.5 Å². The molecule has 176 valence electrons. The van der Waals surface area contributed by atoms with Gasteiger partial charge in [-0.05, 0) is 38.9 Å². The molecule has 0 radical (unpaired) electrons. The minimum atomic E-state index is -3.63. The van der Waals surface area contributed by atoms with Gasteiger partial charge < -0.3 is 14.9 Å². The second kappa shape index (κ2) is 12.0. The van der Waals surface area contributed by atoms with E-state index in [1.54, 1.807) is 29.4 Å². The minimum Gasteiger partial charge on any atom is -0.483 e. The highest BCUT2D eigenvalue weighted by Gasteiger charge is 2.31. The lowest BCUT2D eigenvalue weighted by Gasteiger charge is -2.24. The van der Waals surface area contributed by atoms with Crippen LogP contribution in [0.1, 0.15) is 23.5 Å². The number of hydrogen-bond donors (Lipinski definition) is 2. The Labute approximate surface area is 192 Å². The quantitative estimate of drug-likeness (QED) is 0.586. The van der Waals surface area contributed by atoms with Gasteiger partial charge in [0.25, 0.3) is 6.47 Å². The molecular formula is C20H29N5O5S2. The number of carbonyl (C=O) groups is 2. The van der Waals surface area contributed by atoms with Gasteiger partial charge >= 0.3 is 0 Å². The fourth-order valence-electron chi connectivity index (χ4n) is 3.57. The van der Waals surface area contributed by atoms with Crippen LogP contribution in [0.4, 0.5) is 0 Å². The summed E-state index contributed by atoms with van der Waals surface area (Å²) in [6.45, 7) is 3.34. The van der Waals surface area contributed by atoms with Crippen molar-refractivity contribution in [1.29, 1.82) is 0 Å². The molecule has 0 aliphatic carbocycles. The van der Waals surface area contributed by atoms with E-state index in [0.29, 0.717) is 32.5 Å². The molecule has 0 unspecified atom stereocenters. The molecule has 2 aromatic heterocycles. The van der Waals surface area contributed by atoms with Crippen LogP contribution in [-0.2, 0) is 26.2 Å². The van der Waals surface area contributed by atoms with Crippen molar-refractivity contribution in [2.24, 2.45) is 5.92 Å². The van der Waals surface area contributed by atoms with Crippen molar-refractivity contribution < 1.29 is 23.1 Å². The summed E-state index contributed by atoms with van der Waals surface area (Å²) in [6, 6.07) is 2.87. The summed E-state index contributed by atoms with van der Waals surface area (Å²) in [4.78, 5) is 33.5. The SMILES string of the molecule is Cc1csc(CN(C)C(=O)[C@@H]2CC[C@H](NS(=O)(=O)c3cccnc3)CN(C)C2)n1.O=CO. The van der Waals surface area contributed by atoms with Crippen LogP contribution in [-0.4, -0.2) is 78.9 Å². The highest BCUT2D eigenvalue weighted by Crippen LogP contribution is 2.21. The van der Waals surface area contributed by atoms with Crippen molar-refractivity contribution >= 4 is 33.7 Å². The molecule has 2 N–H and O–H groups in total. The van der Waals surface area contributed by atoms with Crippen molar-refractivity contribution in [2.75, 3.05) is 27.2 Å². The first kappa shape index (κ1) is 25.8. The lowest BCUT2D eigenvalue weighted by atomic mass is 10.0. The zero-order chi connectivity index (χ0) is 23.7. The largest absolute Gasteiger partial charge is 0.483 e. The zero-order valence-electron chi connectivity index (χ0n) is 18.3. The molecule has 0 bridgehead atoms. The number of nitrogens with one attached hydrogen (secondary N) is 1. The lowest BCUT2D eigenvalue weighted by molar-refractivity contribution is -0.135. The number of carboxylic acid groups (broad SMARTS) is 1. The number of thiazole rings is 1. The number of nitrogens with zero attached hydrogens (tertiary/aromatic N) is 4. The van der Waals surface area contributed by atoms with Crippen LogP contribution in [0.15, 0.2) is 34.8 Å². The van der Waals surface area contributed by atoms with Gasteiger partial charge in [-0.2, -0.15) is 0 Å². The van der Waals surface area contributed by atoms with Crippen LogP contribution < -0.4 is 4.72 Å². The van der Waals surface area contributed by atoms with Crippen molar-refractivity contribution in [3.63, 3.8) is 0 Å². The Balaban J connectivity index is 0.00000114. The topological polar surface area (TPSA) is 133 Å². The molecule has 3 heterocycles. The molecule has 12 heteroatoms. The molecule has 1 saturated heterocycles. The Morgan fingerprint density at radius 1 is 1.41 bits per heavy atom. The standard InChI is InChI=1S/C19H27N5O3S2.CH2O2/c1-14-13-28-18(21-14)12-24(3)19(25)15-6-7-16(11-23(2)10-15)22-29(26,27)17-5-4-8-20-9-17;2-1-3/h4-5,8-9,13,15-16,22H,6-7,10-12H2,1-3H3;1H,(H,2,3)/t15-,16+;/m1./s1. The first-order valence-electron chi connectivity index (χ1n) is 10.0. The highest BCUT2D eigenvalue weighted by molar-refractivity contribution is 7.89. The summed E-state index contributed by atoms with van der Waals surface area (Å²) >= 11 is 1.55. The van der Waals surface area contributed by atoms with Crippen LogP contribution in [0.3, 0.4) is 0 Å². The maximum Gasteiger partial charge on any atom is 0.290 e. The summed E-state index contributed by atoms with van der Waals surface area (Å²) in [5, 5.41) is 9.79. The Kier molecular flexibility index (Phi) is 9.69. The van der Waals surface area contributed by atoms with Gasteiger partial charge in [0.1, 0.15) is 9.90 Å². The summed E-state index contributed by atoms with van der Waals surface area (Å²) in [5.41, 5.74) is 0.962. The molecule has 10 nitrogen and oxygen atoms in total. The van der Waals surface area contributed by atoms with E-state index < -0.39 is 10.0 Å². The van der Waals surface area contributed by atoms with Gasteiger partial charge in [-0.25, -0.2) is 18.1 Å². The number of rotatable bonds is 6. The Hall–Kier alpha value is -2.41. The van der Waals surface area contributed by atoms with Gasteiger partial charge in [0, 0.05) is 49.6 Å². The summed E-state index contributed by atoms with van der Waals surface area (Å²) in [5.74, 6) is -0.0978.